The summed E-state index contributed by atoms with van der Waals surface area (Å²) in [6.07, 6.45) is 1.43. The molecule has 0 atom stereocenters. The van der Waals surface area contributed by atoms with Crippen molar-refractivity contribution >= 4 is 11.0 Å². The highest BCUT2D eigenvalue weighted by atomic mass is 19.4. The van der Waals surface area contributed by atoms with E-state index < -0.39 is 11.7 Å². The molecule has 0 saturated carbocycles. The van der Waals surface area contributed by atoms with E-state index in [1.54, 1.807) is 0 Å². The molecule has 0 bridgehead atoms. The van der Waals surface area contributed by atoms with Crippen molar-refractivity contribution in [1.29, 1.82) is 0 Å². The van der Waals surface area contributed by atoms with Crippen LogP contribution in [0.5, 0.6) is 0 Å². The van der Waals surface area contributed by atoms with E-state index in [2.05, 4.69) is 0 Å². The number of halogens is 3. The standard InChI is InChI=1S/C19H13F3N2/c20-19(21,22)15-9-7-14(8-10-15)18-13-23-11-3-1-5-16(23)17-6-2-4-12-24(17)18/h1-13H/q+2. The highest BCUT2D eigenvalue weighted by Crippen LogP contribution is 2.30. The fourth-order valence-electron chi connectivity index (χ4n) is 2.89. The molecule has 0 aliphatic carbocycles. The molecular weight excluding hydrogens is 313 g/mol. The van der Waals surface area contributed by atoms with Gasteiger partial charge in [-0.3, -0.25) is 0 Å². The smallest absolute Gasteiger partial charge is 0.166 e. The van der Waals surface area contributed by atoms with Crippen LogP contribution in [-0.4, -0.2) is 0 Å². The van der Waals surface area contributed by atoms with E-state index in [0.717, 1.165) is 34.4 Å². The molecule has 0 aliphatic heterocycles. The minimum absolute atomic E-state index is 0.644. The average Bonchev–Trinajstić information content (AvgIpc) is 2.60. The summed E-state index contributed by atoms with van der Waals surface area (Å²) in [5, 5.41) is 0. The van der Waals surface area contributed by atoms with Gasteiger partial charge in [-0.2, -0.15) is 17.6 Å². The third-order valence-electron chi connectivity index (χ3n) is 4.04. The zero-order valence-corrected chi connectivity index (χ0v) is 12.5. The van der Waals surface area contributed by atoms with E-state index in [9.17, 15) is 13.2 Å². The SMILES string of the molecule is FC(F)(F)c1ccc(-c2c[n+]3ccccc3c3cccc[n+]23)cc1. The lowest BCUT2D eigenvalue weighted by atomic mass is 10.1. The molecule has 0 amide bonds. The van der Waals surface area contributed by atoms with Crippen molar-refractivity contribution in [2.24, 2.45) is 0 Å². The Morgan fingerprint density at radius 1 is 0.708 bits per heavy atom. The van der Waals surface area contributed by atoms with Gasteiger partial charge in [0, 0.05) is 24.3 Å². The summed E-state index contributed by atoms with van der Waals surface area (Å²) in [6.45, 7) is 0. The molecule has 4 rings (SSSR count). The van der Waals surface area contributed by atoms with Gasteiger partial charge < -0.3 is 0 Å². The van der Waals surface area contributed by atoms with Gasteiger partial charge in [0.2, 0.25) is 6.20 Å². The van der Waals surface area contributed by atoms with Gasteiger partial charge in [-0.15, -0.1) is 4.40 Å². The maximum absolute atomic E-state index is 12.8. The molecule has 0 N–H and O–H groups in total. The number of hydrogen-bond donors (Lipinski definition) is 0. The Hall–Kier alpha value is -2.95. The van der Waals surface area contributed by atoms with Gasteiger partial charge >= 0.3 is 6.18 Å². The second-order valence-electron chi connectivity index (χ2n) is 5.54. The van der Waals surface area contributed by atoms with E-state index in [1.165, 1.54) is 12.1 Å². The first-order valence-electron chi connectivity index (χ1n) is 7.45. The van der Waals surface area contributed by atoms with Crippen LogP contribution in [0.1, 0.15) is 5.56 Å². The highest BCUT2D eigenvalue weighted by Gasteiger charge is 2.30. The first-order chi connectivity index (χ1) is 11.5. The number of nitrogens with zero attached hydrogens (tertiary/aromatic N) is 2. The molecule has 5 heteroatoms. The molecule has 118 valence electrons. The average molecular weight is 326 g/mol. The molecule has 0 saturated heterocycles. The maximum Gasteiger partial charge on any atom is 0.416 e. The molecule has 3 heterocycles. The highest BCUT2D eigenvalue weighted by molar-refractivity contribution is 5.68. The van der Waals surface area contributed by atoms with Crippen LogP contribution in [0, 0.1) is 0 Å². The van der Waals surface area contributed by atoms with Crippen molar-refractivity contribution in [2.45, 2.75) is 6.18 Å². The summed E-state index contributed by atoms with van der Waals surface area (Å²) < 4.78 is 42.3. The van der Waals surface area contributed by atoms with Crippen molar-refractivity contribution < 1.29 is 22.0 Å². The number of pyridine rings is 2. The van der Waals surface area contributed by atoms with Crippen molar-refractivity contribution in [2.75, 3.05) is 0 Å². The Morgan fingerprint density at radius 2 is 1.38 bits per heavy atom. The predicted molar refractivity (Wildman–Crippen MR) is 83.2 cm³/mol. The van der Waals surface area contributed by atoms with Crippen molar-refractivity contribution in [3.63, 3.8) is 0 Å². The number of hydrogen-bond acceptors (Lipinski definition) is 0. The van der Waals surface area contributed by atoms with Gasteiger partial charge in [0.25, 0.3) is 16.7 Å². The van der Waals surface area contributed by atoms with Crippen molar-refractivity contribution in [3.8, 4) is 11.3 Å². The quantitative estimate of drug-likeness (QED) is 0.371. The molecule has 1 aromatic carbocycles. The van der Waals surface area contributed by atoms with Crippen LogP contribution in [0.2, 0.25) is 0 Å². The van der Waals surface area contributed by atoms with Crippen LogP contribution >= 0.6 is 0 Å². The summed E-state index contributed by atoms with van der Waals surface area (Å²) in [5.74, 6) is 0. The zero-order chi connectivity index (χ0) is 16.7. The fourth-order valence-corrected chi connectivity index (χ4v) is 2.89. The Labute approximate surface area is 136 Å². The van der Waals surface area contributed by atoms with Crippen molar-refractivity contribution in [3.05, 3.63) is 84.8 Å². The van der Waals surface area contributed by atoms with Crippen LogP contribution in [-0.2, 0) is 6.18 Å². The van der Waals surface area contributed by atoms with Crippen LogP contribution in [0.15, 0.2) is 79.3 Å². The number of alkyl halides is 3. The maximum atomic E-state index is 12.8. The van der Waals surface area contributed by atoms with Crippen molar-refractivity contribution in [1.82, 2.24) is 0 Å². The van der Waals surface area contributed by atoms with Gasteiger partial charge in [0.05, 0.1) is 11.1 Å². The molecule has 0 aliphatic rings. The summed E-state index contributed by atoms with van der Waals surface area (Å²) in [6, 6.07) is 17.0. The molecule has 2 nitrogen and oxygen atoms in total. The lowest BCUT2D eigenvalue weighted by Gasteiger charge is -2.06. The number of aromatic nitrogens is 2. The summed E-state index contributed by atoms with van der Waals surface area (Å²) in [7, 11) is 0. The lowest BCUT2D eigenvalue weighted by Crippen LogP contribution is -2.33. The third-order valence-corrected chi connectivity index (χ3v) is 4.04. The van der Waals surface area contributed by atoms with Gasteiger partial charge in [0.1, 0.15) is 0 Å². The lowest BCUT2D eigenvalue weighted by molar-refractivity contribution is -0.556. The van der Waals surface area contributed by atoms with Gasteiger partial charge in [-0.25, -0.2) is 0 Å². The predicted octanol–water partition coefficient (Wildman–Crippen LogP) is 3.85. The van der Waals surface area contributed by atoms with Crippen LogP contribution in [0.25, 0.3) is 22.3 Å². The number of fused-ring (bicyclic) bond motifs is 3. The Balaban J connectivity index is 1.98. The molecule has 3 aromatic heterocycles. The van der Waals surface area contributed by atoms with Crippen LogP contribution in [0.3, 0.4) is 0 Å². The monoisotopic (exact) mass is 326 g/mol. The normalized spacial score (nSPS) is 12.0. The van der Waals surface area contributed by atoms with E-state index in [0.29, 0.717) is 0 Å². The summed E-state index contributed by atoms with van der Waals surface area (Å²) in [4.78, 5) is 0. The minimum Gasteiger partial charge on any atom is -0.166 e. The minimum atomic E-state index is -4.33. The second kappa shape index (κ2) is 5.30. The van der Waals surface area contributed by atoms with Gasteiger partial charge in [0.15, 0.2) is 12.4 Å². The second-order valence-corrected chi connectivity index (χ2v) is 5.54. The van der Waals surface area contributed by atoms with E-state index >= 15 is 0 Å². The van der Waals surface area contributed by atoms with E-state index in [4.69, 9.17) is 0 Å². The molecule has 4 aromatic rings. The molecule has 24 heavy (non-hydrogen) atoms. The zero-order valence-electron chi connectivity index (χ0n) is 12.5. The number of rotatable bonds is 1. The van der Waals surface area contributed by atoms with E-state index in [1.807, 2.05) is 63.8 Å². The fraction of sp³-hybridized carbons (Fsp3) is 0.0526. The Bertz CT molecular complexity index is 1040. The van der Waals surface area contributed by atoms with Crippen LogP contribution < -0.4 is 8.80 Å². The Morgan fingerprint density at radius 3 is 2.08 bits per heavy atom. The first-order valence-corrected chi connectivity index (χ1v) is 7.45. The topological polar surface area (TPSA) is 8.20 Å². The van der Waals surface area contributed by atoms with Gasteiger partial charge in [-0.1, -0.05) is 0 Å². The Kier molecular flexibility index (Phi) is 3.23. The molecule has 0 unspecified atom stereocenters. The van der Waals surface area contributed by atoms with Gasteiger partial charge in [-0.05, 0) is 36.4 Å². The molecule has 0 radical (unpaired) electrons. The third kappa shape index (κ3) is 2.38. The summed E-state index contributed by atoms with van der Waals surface area (Å²) >= 11 is 0. The molecular formula is C19H13F3N2+2. The van der Waals surface area contributed by atoms with Crippen LogP contribution in [0.4, 0.5) is 13.2 Å². The van der Waals surface area contributed by atoms with E-state index in [-0.39, 0.29) is 0 Å². The molecule has 0 fully saturated rings. The molecule has 0 spiro atoms. The first kappa shape index (κ1) is 14.6. The number of benzene rings is 1. The largest absolute Gasteiger partial charge is 0.416 e. The summed E-state index contributed by atoms with van der Waals surface area (Å²) in [5.41, 5.74) is 2.91.